The van der Waals surface area contributed by atoms with Crippen LogP contribution in [0.5, 0.6) is 5.75 Å². The van der Waals surface area contributed by atoms with Crippen molar-refractivity contribution in [2.75, 3.05) is 7.11 Å². The maximum absolute atomic E-state index is 13.4. The monoisotopic (exact) mass is 437 g/mol. The molecule has 0 bridgehead atoms. The van der Waals surface area contributed by atoms with E-state index < -0.39 is 22.8 Å². The molecule has 1 aliphatic carbocycles. The number of methoxy groups -OCH3 is 1. The van der Waals surface area contributed by atoms with Crippen LogP contribution in [0, 0.1) is 0 Å². The van der Waals surface area contributed by atoms with Gasteiger partial charge in [-0.2, -0.15) is 0 Å². The number of rotatable bonds is 7. The van der Waals surface area contributed by atoms with E-state index in [1.807, 2.05) is 30.3 Å². The summed E-state index contributed by atoms with van der Waals surface area (Å²) in [7, 11) is 1.59. The van der Waals surface area contributed by atoms with Gasteiger partial charge in [0.05, 0.1) is 12.6 Å². The van der Waals surface area contributed by atoms with Gasteiger partial charge < -0.3 is 9.84 Å². The molecule has 3 aromatic rings. The van der Waals surface area contributed by atoms with Crippen LogP contribution in [0.2, 0.25) is 0 Å². The highest BCUT2D eigenvalue weighted by molar-refractivity contribution is 5.78. The number of ether oxygens (including phenoxy) is 1. The van der Waals surface area contributed by atoms with Gasteiger partial charge in [-0.1, -0.05) is 24.6 Å². The Kier molecular flexibility index (Phi) is 5.62. The number of nitrogens with zero attached hydrogens (tertiary/aromatic N) is 3. The molecule has 0 saturated heterocycles. The normalized spacial score (nSPS) is 14.3. The second-order valence-electron chi connectivity index (χ2n) is 8.73. The van der Waals surface area contributed by atoms with Crippen molar-refractivity contribution in [3.8, 4) is 5.75 Å². The zero-order valence-electron chi connectivity index (χ0n) is 18.5. The molecule has 8 heteroatoms. The van der Waals surface area contributed by atoms with Gasteiger partial charge in [-0.25, -0.2) is 19.1 Å². The van der Waals surface area contributed by atoms with Gasteiger partial charge in [-0.15, -0.1) is 0 Å². The van der Waals surface area contributed by atoms with Crippen LogP contribution in [0.15, 0.2) is 46.0 Å². The van der Waals surface area contributed by atoms with Crippen molar-refractivity contribution in [2.24, 2.45) is 0 Å². The average molecular weight is 437 g/mol. The molecule has 2 heterocycles. The van der Waals surface area contributed by atoms with Gasteiger partial charge in [0.15, 0.2) is 5.52 Å². The van der Waals surface area contributed by atoms with E-state index in [1.165, 1.54) is 18.4 Å². The zero-order chi connectivity index (χ0) is 23.0. The van der Waals surface area contributed by atoms with Crippen molar-refractivity contribution in [1.82, 2.24) is 14.1 Å². The van der Waals surface area contributed by atoms with Crippen LogP contribution in [0.3, 0.4) is 0 Å². The molecule has 8 nitrogen and oxygen atoms in total. The summed E-state index contributed by atoms with van der Waals surface area (Å²) in [4.78, 5) is 43.3. The molecule has 1 aliphatic rings. The predicted molar refractivity (Wildman–Crippen MR) is 121 cm³/mol. The molecule has 1 N–H and O–H groups in total. The predicted octanol–water partition coefficient (Wildman–Crippen LogP) is 2.90. The van der Waals surface area contributed by atoms with Gasteiger partial charge in [-0.3, -0.25) is 9.36 Å². The number of aliphatic carboxylic acids is 1. The molecular weight excluding hydrogens is 410 g/mol. The summed E-state index contributed by atoms with van der Waals surface area (Å²) in [5.41, 5.74) is -0.795. The molecule has 168 valence electrons. The number of hydrogen-bond acceptors (Lipinski definition) is 5. The van der Waals surface area contributed by atoms with Crippen molar-refractivity contribution in [2.45, 2.75) is 57.5 Å². The van der Waals surface area contributed by atoms with Crippen LogP contribution >= 0.6 is 0 Å². The second kappa shape index (κ2) is 8.26. The molecule has 1 aromatic carbocycles. The topological polar surface area (TPSA) is 103 Å². The molecular formula is C24H27N3O5. The Labute approximate surface area is 185 Å². The quantitative estimate of drug-likeness (QED) is 0.610. The number of hydrogen-bond donors (Lipinski definition) is 1. The average Bonchev–Trinajstić information content (AvgIpc) is 2.72. The number of aryl methyl sites for hydroxylation is 2. The lowest BCUT2D eigenvalue weighted by molar-refractivity contribution is -0.146. The summed E-state index contributed by atoms with van der Waals surface area (Å²) in [6, 6.07) is 11.1. The van der Waals surface area contributed by atoms with Gasteiger partial charge in [0.1, 0.15) is 11.3 Å². The molecule has 0 aliphatic heterocycles. The largest absolute Gasteiger partial charge is 0.496 e. The van der Waals surface area contributed by atoms with Gasteiger partial charge in [0, 0.05) is 18.2 Å². The minimum atomic E-state index is -1.72. The van der Waals surface area contributed by atoms with Gasteiger partial charge >= 0.3 is 11.7 Å². The Balaban J connectivity index is 1.91. The minimum Gasteiger partial charge on any atom is -0.496 e. The fraction of sp³-hybridized carbons (Fsp3) is 0.417. The van der Waals surface area contributed by atoms with Crippen molar-refractivity contribution >= 4 is 17.0 Å². The Bertz CT molecular complexity index is 1300. The van der Waals surface area contributed by atoms with E-state index in [0.717, 1.165) is 35.1 Å². The first-order chi connectivity index (χ1) is 15.3. The van der Waals surface area contributed by atoms with E-state index in [9.17, 15) is 19.5 Å². The number of carboxylic acids is 1. The molecule has 32 heavy (non-hydrogen) atoms. The van der Waals surface area contributed by atoms with Crippen LogP contribution < -0.4 is 16.0 Å². The molecule has 0 atom stereocenters. The fourth-order valence-corrected chi connectivity index (χ4v) is 4.14. The highest BCUT2D eigenvalue weighted by Gasteiger charge is 2.34. The Morgan fingerprint density at radius 1 is 1.19 bits per heavy atom. The van der Waals surface area contributed by atoms with Crippen molar-refractivity contribution in [1.29, 1.82) is 0 Å². The number of fused-ring (bicyclic) bond motifs is 1. The lowest BCUT2D eigenvalue weighted by Crippen LogP contribution is -2.52. The molecule has 4 rings (SSSR count). The second-order valence-corrected chi connectivity index (χ2v) is 8.73. The molecule has 0 radical (unpaired) electrons. The van der Waals surface area contributed by atoms with Crippen LogP contribution in [0.25, 0.3) is 11.0 Å². The third-order valence-corrected chi connectivity index (χ3v) is 6.42. The first kappa shape index (κ1) is 21.8. The van der Waals surface area contributed by atoms with Crippen molar-refractivity contribution in [3.63, 3.8) is 0 Å². The Morgan fingerprint density at radius 2 is 1.91 bits per heavy atom. The van der Waals surface area contributed by atoms with Gasteiger partial charge in [0.25, 0.3) is 5.56 Å². The Morgan fingerprint density at radius 3 is 2.53 bits per heavy atom. The molecule has 1 fully saturated rings. The first-order valence-corrected chi connectivity index (χ1v) is 10.8. The molecule has 1 saturated carbocycles. The number of para-hydroxylation sites is 1. The molecule has 0 spiro atoms. The van der Waals surface area contributed by atoms with E-state index in [2.05, 4.69) is 4.98 Å². The van der Waals surface area contributed by atoms with Gasteiger partial charge in [-0.05, 0) is 56.9 Å². The number of benzene rings is 1. The number of carboxylic acid groups (broad SMARTS) is 1. The maximum Gasteiger partial charge on any atom is 0.332 e. The number of aromatic nitrogens is 3. The van der Waals surface area contributed by atoms with Crippen LogP contribution in [0.1, 0.15) is 50.3 Å². The summed E-state index contributed by atoms with van der Waals surface area (Å²) in [5.74, 6) is -0.259. The third kappa shape index (κ3) is 3.59. The lowest BCUT2D eigenvalue weighted by Gasteiger charge is -2.26. The van der Waals surface area contributed by atoms with Crippen LogP contribution in [-0.2, 0) is 23.3 Å². The number of pyridine rings is 1. The number of carbonyl (C=O) groups is 1. The van der Waals surface area contributed by atoms with E-state index in [0.29, 0.717) is 23.6 Å². The smallest absolute Gasteiger partial charge is 0.332 e. The lowest BCUT2D eigenvalue weighted by atomic mass is 9.82. The third-order valence-electron chi connectivity index (χ3n) is 6.42. The molecule has 0 amide bonds. The summed E-state index contributed by atoms with van der Waals surface area (Å²) in [5, 5.41) is 9.73. The van der Waals surface area contributed by atoms with E-state index in [-0.39, 0.29) is 12.1 Å². The van der Waals surface area contributed by atoms with E-state index >= 15 is 0 Å². The SMILES string of the molecule is COc1ccccc1CCn1c(=O)n(C(C)(C)C(=O)O)c(=O)c2nc(C3CCC3)ccc21. The Hall–Kier alpha value is -3.42. The summed E-state index contributed by atoms with van der Waals surface area (Å²) >= 11 is 0. The summed E-state index contributed by atoms with van der Waals surface area (Å²) < 4.78 is 7.67. The van der Waals surface area contributed by atoms with E-state index in [4.69, 9.17) is 4.74 Å². The minimum absolute atomic E-state index is 0.128. The van der Waals surface area contributed by atoms with Crippen LogP contribution in [-0.4, -0.2) is 32.3 Å². The summed E-state index contributed by atoms with van der Waals surface area (Å²) in [6.07, 6.45) is 3.62. The van der Waals surface area contributed by atoms with E-state index in [1.54, 1.807) is 13.2 Å². The highest BCUT2D eigenvalue weighted by Crippen LogP contribution is 2.35. The standard InChI is InChI=1S/C24H27N3O5/c1-24(2,22(29)30)27-21(28)20-18(12-11-17(25-20)15-8-6-9-15)26(23(27)31)14-13-16-7-4-5-10-19(16)32-3/h4-5,7,10-12,15H,6,8-9,13-14H2,1-3H3,(H,29,30). The zero-order valence-corrected chi connectivity index (χ0v) is 18.5. The fourth-order valence-electron chi connectivity index (χ4n) is 4.14. The van der Waals surface area contributed by atoms with Gasteiger partial charge in [0.2, 0.25) is 0 Å². The van der Waals surface area contributed by atoms with Crippen molar-refractivity contribution < 1.29 is 14.6 Å². The summed E-state index contributed by atoms with van der Waals surface area (Å²) in [6.45, 7) is 2.95. The first-order valence-electron chi connectivity index (χ1n) is 10.8. The van der Waals surface area contributed by atoms with Crippen LogP contribution in [0.4, 0.5) is 0 Å². The maximum atomic E-state index is 13.4. The molecule has 2 aromatic heterocycles. The molecule has 0 unspecified atom stereocenters. The highest BCUT2D eigenvalue weighted by atomic mass is 16.5. The van der Waals surface area contributed by atoms with Crippen molar-refractivity contribution in [3.05, 3.63) is 68.5 Å².